The second-order valence-corrected chi connectivity index (χ2v) is 8.35. The molecule has 0 saturated carbocycles. The monoisotopic (exact) mass is 482 g/mol. The number of hydrogen-bond donors (Lipinski definition) is 2. The number of para-hydroxylation sites is 1. The largest absolute Gasteiger partial charge is 0.507 e. The summed E-state index contributed by atoms with van der Waals surface area (Å²) in [6, 6.07) is 20.9. The van der Waals surface area contributed by atoms with Crippen LogP contribution < -0.4 is 14.4 Å². The third kappa shape index (κ3) is 3.98. The van der Waals surface area contributed by atoms with Crippen LogP contribution in [0.5, 0.6) is 11.5 Å². The second-order valence-electron chi connectivity index (χ2n) is 8.35. The van der Waals surface area contributed by atoms with Gasteiger partial charge < -0.3 is 19.6 Å². The van der Waals surface area contributed by atoms with Crippen molar-refractivity contribution >= 4 is 34.0 Å². The van der Waals surface area contributed by atoms with E-state index in [4.69, 9.17) is 9.47 Å². The zero-order valence-corrected chi connectivity index (χ0v) is 20.0. The molecule has 0 spiro atoms. The van der Waals surface area contributed by atoms with Crippen LogP contribution in [0.4, 0.5) is 5.69 Å². The predicted molar refractivity (Wildman–Crippen MR) is 138 cm³/mol. The number of ketones is 1. The van der Waals surface area contributed by atoms with Crippen LogP contribution in [0.3, 0.4) is 0 Å². The molecule has 1 atom stereocenters. The molecule has 3 aromatic carbocycles. The maximum atomic E-state index is 13.4. The fraction of sp³-hybridized carbons (Fsp3) is 0.172. The number of amides is 1. The van der Waals surface area contributed by atoms with E-state index in [1.165, 1.54) is 4.90 Å². The number of aliphatic hydroxyl groups is 1. The van der Waals surface area contributed by atoms with Gasteiger partial charge in [-0.25, -0.2) is 0 Å². The molecule has 2 heterocycles. The summed E-state index contributed by atoms with van der Waals surface area (Å²) < 4.78 is 11.1. The van der Waals surface area contributed by atoms with Crippen LogP contribution in [0.2, 0.25) is 0 Å². The quantitative estimate of drug-likeness (QED) is 0.203. The molecular weight excluding hydrogens is 456 g/mol. The number of Topliss-reactive ketones (excluding diaryl/α,β-unsaturated/α-hetero) is 1. The number of aromatic nitrogens is 1. The minimum atomic E-state index is -0.827. The highest BCUT2D eigenvalue weighted by Crippen LogP contribution is 2.43. The lowest BCUT2D eigenvalue weighted by Crippen LogP contribution is -2.29. The first-order chi connectivity index (χ1) is 17.5. The Bertz CT molecular complexity index is 1450. The number of benzene rings is 3. The lowest BCUT2D eigenvalue weighted by atomic mass is 9.95. The molecule has 7 nitrogen and oxygen atoms in total. The van der Waals surface area contributed by atoms with Crippen LogP contribution in [-0.4, -0.2) is 35.0 Å². The molecule has 5 rings (SSSR count). The first-order valence-corrected chi connectivity index (χ1v) is 11.9. The summed E-state index contributed by atoms with van der Waals surface area (Å²) in [7, 11) is 0. The number of aromatic amines is 1. The van der Waals surface area contributed by atoms with Crippen molar-refractivity contribution in [1.29, 1.82) is 0 Å². The lowest BCUT2D eigenvalue weighted by Gasteiger charge is -2.25. The zero-order chi connectivity index (χ0) is 25.2. The summed E-state index contributed by atoms with van der Waals surface area (Å²) in [6.45, 7) is 4.82. The van der Waals surface area contributed by atoms with Gasteiger partial charge >= 0.3 is 0 Å². The average molecular weight is 483 g/mol. The SMILES string of the molecule is CCOc1ccc(C2/C(=C(/O)c3c[nH]c4ccccc34)C(=O)C(=O)N2c2ccc(OCC)cc2)cc1. The van der Waals surface area contributed by atoms with Gasteiger partial charge in [0.2, 0.25) is 0 Å². The van der Waals surface area contributed by atoms with E-state index in [9.17, 15) is 14.7 Å². The highest BCUT2D eigenvalue weighted by molar-refractivity contribution is 6.51. The van der Waals surface area contributed by atoms with Crippen molar-refractivity contribution in [3.8, 4) is 11.5 Å². The molecule has 1 saturated heterocycles. The molecule has 1 aliphatic heterocycles. The van der Waals surface area contributed by atoms with Gasteiger partial charge in [0.15, 0.2) is 0 Å². The van der Waals surface area contributed by atoms with Gasteiger partial charge in [-0.3, -0.25) is 14.5 Å². The van der Waals surface area contributed by atoms with Crippen LogP contribution in [-0.2, 0) is 9.59 Å². The Morgan fingerprint density at radius 2 is 1.50 bits per heavy atom. The number of nitrogens with zero attached hydrogens (tertiary/aromatic N) is 1. The molecular formula is C29H26N2O5. The first kappa shape index (κ1) is 23.2. The summed E-state index contributed by atoms with van der Waals surface area (Å²) in [5.74, 6) is -0.340. The van der Waals surface area contributed by atoms with Crippen LogP contribution in [0.1, 0.15) is 31.0 Å². The Balaban J connectivity index is 1.68. The van der Waals surface area contributed by atoms with Gasteiger partial charge in [-0.05, 0) is 61.9 Å². The van der Waals surface area contributed by atoms with Gasteiger partial charge in [0.05, 0.1) is 24.8 Å². The van der Waals surface area contributed by atoms with Gasteiger partial charge in [-0.1, -0.05) is 30.3 Å². The Hall–Kier alpha value is -4.52. The third-order valence-corrected chi connectivity index (χ3v) is 6.22. The molecule has 1 unspecified atom stereocenters. The van der Waals surface area contributed by atoms with Gasteiger partial charge in [-0.2, -0.15) is 0 Å². The number of ether oxygens (including phenoxy) is 2. The number of fused-ring (bicyclic) bond motifs is 1. The zero-order valence-electron chi connectivity index (χ0n) is 20.0. The molecule has 182 valence electrons. The van der Waals surface area contributed by atoms with Gasteiger partial charge in [0, 0.05) is 28.4 Å². The van der Waals surface area contributed by atoms with E-state index in [2.05, 4.69) is 4.98 Å². The normalized spacial score (nSPS) is 17.1. The number of H-pyrrole nitrogens is 1. The number of anilines is 1. The molecule has 7 heteroatoms. The van der Waals surface area contributed by atoms with E-state index in [0.29, 0.717) is 41.5 Å². The van der Waals surface area contributed by atoms with Crippen LogP contribution in [0, 0.1) is 0 Å². The first-order valence-electron chi connectivity index (χ1n) is 11.9. The predicted octanol–water partition coefficient (Wildman–Crippen LogP) is 5.59. The number of hydrogen-bond acceptors (Lipinski definition) is 5. The average Bonchev–Trinajstić information content (AvgIpc) is 3.44. The molecule has 4 aromatic rings. The molecule has 0 bridgehead atoms. The van der Waals surface area contributed by atoms with Gasteiger partial charge in [-0.15, -0.1) is 0 Å². The van der Waals surface area contributed by atoms with Crippen molar-refractivity contribution in [3.05, 3.63) is 95.7 Å². The minimum absolute atomic E-state index is 0.0304. The summed E-state index contributed by atoms with van der Waals surface area (Å²) in [5.41, 5.74) is 2.51. The maximum Gasteiger partial charge on any atom is 0.300 e. The minimum Gasteiger partial charge on any atom is -0.507 e. The topological polar surface area (TPSA) is 91.9 Å². The third-order valence-electron chi connectivity index (χ3n) is 6.22. The molecule has 36 heavy (non-hydrogen) atoms. The van der Waals surface area contributed by atoms with Gasteiger partial charge in [0.1, 0.15) is 17.3 Å². The fourth-order valence-electron chi connectivity index (χ4n) is 4.61. The van der Waals surface area contributed by atoms with Crippen LogP contribution in [0.15, 0.2) is 84.6 Å². The molecule has 0 aliphatic carbocycles. The molecule has 1 aromatic heterocycles. The lowest BCUT2D eigenvalue weighted by molar-refractivity contribution is -0.132. The molecule has 0 radical (unpaired) electrons. The van der Waals surface area contributed by atoms with Crippen molar-refractivity contribution < 1.29 is 24.2 Å². The summed E-state index contributed by atoms with van der Waals surface area (Å²) >= 11 is 0. The van der Waals surface area contributed by atoms with E-state index < -0.39 is 17.7 Å². The van der Waals surface area contributed by atoms with Crippen molar-refractivity contribution in [2.75, 3.05) is 18.1 Å². The van der Waals surface area contributed by atoms with Crippen molar-refractivity contribution in [2.24, 2.45) is 0 Å². The van der Waals surface area contributed by atoms with Crippen molar-refractivity contribution in [3.63, 3.8) is 0 Å². The highest BCUT2D eigenvalue weighted by atomic mass is 16.5. The molecule has 2 N–H and O–H groups in total. The number of rotatable bonds is 7. The Morgan fingerprint density at radius 3 is 2.14 bits per heavy atom. The number of carbonyl (C=O) groups is 2. The van der Waals surface area contributed by atoms with E-state index in [1.54, 1.807) is 42.6 Å². The van der Waals surface area contributed by atoms with Crippen LogP contribution in [0.25, 0.3) is 16.7 Å². The standard InChI is InChI=1S/C29H26N2O5/c1-3-35-20-13-9-18(10-14-20)26-25(27(32)23-17-30-24-8-6-5-7-22(23)24)28(33)29(34)31(26)19-11-15-21(16-12-19)36-4-2/h5-17,26,30,32H,3-4H2,1-2H3/b27-25-. The van der Waals surface area contributed by atoms with E-state index in [-0.39, 0.29) is 11.3 Å². The molecule has 1 amide bonds. The summed E-state index contributed by atoms with van der Waals surface area (Å²) in [4.78, 5) is 31.3. The highest BCUT2D eigenvalue weighted by Gasteiger charge is 2.47. The van der Waals surface area contributed by atoms with E-state index >= 15 is 0 Å². The summed E-state index contributed by atoms with van der Waals surface area (Å²) in [6.07, 6.45) is 1.65. The van der Waals surface area contributed by atoms with Gasteiger partial charge in [0.25, 0.3) is 11.7 Å². The van der Waals surface area contributed by atoms with Crippen molar-refractivity contribution in [1.82, 2.24) is 4.98 Å². The second kappa shape index (κ2) is 9.62. The fourth-order valence-corrected chi connectivity index (χ4v) is 4.61. The number of carbonyl (C=O) groups excluding carboxylic acids is 2. The number of aliphatic hydroxyl groups excluding tert-OH is 1. The smallest absolute Gasteiger partial charge is 0.300 e. The van der Waals surface area contributed by atoms with Crippen molar-refractivity contribution in [2.45, 2.75) is 19.9 Å². The number of nitrogens with one attached hydrogen (secondary N) is 1. The molecule has 1 aliphatic rings. The maximum absolute atomic E-state index is 13.4. The Kier molecular flexibility index (Phi) is 6.21. The summed E-state index contributed by atoms with van der Waals surface area (Å²) in [5, 5.41) is 12.2. The van der Waals surface area contributed by atoms with E-state index in [0.717, 1.165) is 10.9 Å². The van der Waals surface area contributed by atoms with Crippen LogP contribution >= 0.6 is 0 Å². The Morgan fingerprint density at radius 1 is 0.889 bits per heavy atom. The Labute approximate surface area is 208 Å². The molecule has 1 fully saturated rings. The van der Waals surface area contributed by atoms with E-state index in [1.807, 2.05) is 50.2 Å².